The lowest BCUT2D eigenvalue weighted by Gasteiger charge is -2.09. The van der Waals surface area contributed by atoms with Crippen LogP contribution in [-0.4, -0.2) is 18.6 Å². The van der Waals surface area contributed by atoms with Crippen molar-refractivity contribution >= 4 is 18.3 Å². The van der Waals surface area contributed by atoms with Gasteiger partial charge >= 0.3 is 0 Å². The van der Waals surface area contributed by atoms with Gasteiger partial charge in [0.15, 0.2) is 0 Å². The number of carbonyl (C=O) groups is 1. The first-order valence-electron chi connectivity index (χ1n) is 5.90. The highest BCUT2D eigenvalue weighted by Crippen LogP contribution is 2.13. The van der Waals surface area contributed by atoms with E-state index in [-0.39, 0.29) is 12.4 Å². The van der Waals surface area contributed by atoms with Gasteiger partial charge in [-0.15, -0.1) is 12.4 Å². The van der Waals surface area contributed by atoms with Crippen molar-refractivity contribution in [2.24, 2.45) is 11.5 Å². The zero-order chi connectivity index (χ0) is 12.7. The van der Waals surface area contributed by atoms with Crippen LogP contribution < -0.4 is 16.2 Å². The van der Waals surface area contributed by atoms with E-state index in [0.29, 0.717) is 6.42 Å². The summed E-state index contributed by atoms with van der Waals surface area (Å²) < 4.78 is 5.53. The van der Waals surface area contributed by atoms with Crippen LogP contribution in [0.1, 0.15) is 25.3 Å². The van der Waals surface area contributed by atoms with Crippen LogP contribution in [0.15, 0.2) is 24.3 Å². The third kappa shape index (κ3) is 5.89. The van der Waals surface area contributed by atoms with Gasteiger partial charge in [-0.2, -0.15) is 0 Å². The number of ether oxygens (including phenoxy) is 1. The third-order valence-electron chi connectivity index (χ3n) is 2.51. The Kier molecular flexibility index (Phi) is 8.16. The molecule has 102 valence electrons. The molecule has 4 N–H and O–H groups in total. The van der Waals surface area contributed by atoms with Gasteiger partial charge in [0.2, 0.25) is 5.91 Å². The molecule has 1 atom stereocenters. The van der Waals surface area contributed by atoms with Crippen molar-refractivity contribution in [2.45, 2.75) is 32.2 Å². The van der Waals surface area contributed by atoms with Gasteiger partial charge in [0, 0.05) is 0 Å². The quantitative estimate of drug-likeness (QED) is 0.741. The smallest absolute Gasteiger partial charge is 0.234 e. The molecule has 0 saturated heterocycles. The van der Waals surface area contributed by atoms with Gasteiger partial charge in [-0.1, -0.05) is 25.5 Å². The standard InChI is InChI=1S/C13H20N2O2.ClH/c1-2-3-8-17-11-6-4-10(5-7-11)9-12(14)13(15)16;/h4-7,12H,2-3,8-9,14H2,1H3,(H2,15,16);1H/t12-;/m0./s1. The summed E-state index contributed by atoms with van der Waals surface area (Å²) >= 11 is 0. The summed E-state index contributed by atoms with van der Waals surface area (Å²) in [6.45, 7) is 2.86. The number of amides is 1. The maximum absolute atomic E-state index is 10.8. The number of rotatable bonds is 7. The van der Waals surface area contributed by atoms with Crippen molar-refractivity contribution in [3.8, 4) is 5.75 Å². The molecule has 0 fully saturated rings. The number of halogens is 1. The van der Waals surface area contributed by atoms with E-state index in [1.165, 1.54) is 0 Å². The first-order valence-corrected chi connectivity index (χ1v) is 5.90. The topological polar surface area (TPSA) is 78.3 Å². The molecule has 1 amide bonds. The Labute approximate surface area is 114 Å². The molecule has 0 saturated carbocycles. The van der Waals surface area contributed by atoms with Crippen LogP contribution in [0.5, 0.6) is 5.75 Å². The van der Waals surface area contributed by atoms with Crippen LogP contribution in [0, 0.1) is 0 Å². The summed E-state index contributed by atoms with van der Waals surface area (Å²) in [5.74, 6) is 0.364. The minimum absolute atomic E-state index is 0. The van der Waals surface area contributed by atoms with E-state index in [4.69, 9.17) is 16.2 Å². The number of carbonyl (C=O) groups excluding carboxylic acids is 1. The molecule has 0 aromatic heterocycles. The maximum Gasteiger partial charge on any atom is 0.234 e. The minimum Gasteiger partial charge on any atom is -0.494 e. The van der Waals surface area contributed by atoms with Crippen LogP contribution in [0.3, 0.4) is 0 Å². The number of nitrogens with two attached hydrogens (primary N) is 2. The molecule has 5 heteroatoms. The Morgan fingerprint density at radius 2 is 1.94 bits per heavy atom. The van der Waals surface area contributed by atoms with Crippen molar-refractivity contribution in [2.75, 3.05) is 6.61 Å². The lowest BCUT2D eigenvalue weighted by atomic mass is 10.1. The second kappa shape index (κ2) is 8.78. The molecule has 1 rings (SSSR count). The molecule has 0 spiro atoms. The van der Waals surface area contributed by atoms with E-state index >= 15 is 0 Å². The van der Waals surface area contributed by atoms with E-state index in [1.807, 2.05) is 24.3 Å². The fourth-order valence-corrected chi connectivity index (χ4v) is 1.41. The molecule has 0 unspecified atom stereocenters. The molecule has 0 radical (unpaired) electrons. The molecule has 0 aliphatic carbocycles. The van der Waals surface area contributed by atoms with Crippen molar-refractivity contribution in [1.82, 2.24) is 0 Å². The highest BCUT2D eigenvalue weighted by molar-refractivity contribution is 5.85. The van der Waals surface area contributed by atoms with Crippen LogP contribution in [0.2, 0.25) is 0 Å². The van der Waals surface area contributed by atoms with Crippen molar-refractivity contribution in [1.29, 1.82) is 0 Å². The van der Waals surface area contributed by atoms with E-state index in [1.54, 1.807) is 0 Å². The van der Waals surface area contributed by atoms with Crippen LogP contribution in [0.4, 0.5) is 0 Å². The molecule has 18 heavy (non-hydrogen) atoms. The van der Waals surface area contributed by atoms with Gasteiger partial charge in [0.1, 0.15) is 5.75 Å². The van der Waals surface area contributed by atoms with Crippen LogP contribution >= 0.6 is 12.4 Å². The number of hydrogen-bond acceptors (Lipinski definition) is 3. The fraction of sp³-hybridized carbons (Fsp3) is 0.462. The van der Waals surface area contributed by atoms with Gasteiger partial charge in [-0.25, -0.2) is 0 Å². The molecule has 0 heterocycles. The van der Waals surface area contributed by atoms with Gasteiger partial charge in [-0.3, -0.25) is 4.79 Å². The highest BCUT2D eigenvalue weighted by Gasteiger charge is 2.09. The maximum atomic E-state index is 10.8. The minimum atomic E-state index is -0.623. The van der Waals surface area contributed by atoms with Gasteiger partial charge in [0.05, 0.1) is 12.6 Å². The Bertz CT molecular complexity index is 355. The monoisotopic (exact) mass is 272 g/mol. The SMILES string of the molecule is CCCCOc1ccc(C[C@H](N)C(N)=O)cc1.Cl. The van der Waals surface area contributed by atoms with Crippen LogP contribution in [0.25, 0.3) is 0 Å². The second-order valence-corrected chi connectivity index (χ2v) is 4.06. The van der Waals surface area contributed by atoms with Crippen molar-refractivity contribution in [3.05, 3.63) is 29.8 Å². The van der Waals surface area contributed by atoms with Crippen LogP contribution in [-0.2, 0) is 11.2 Å². The predicted molar refractivity (Wildman–Crippen MR) is 75.0 cm³/mol. The van der Waals surface area contributed by atoms with E-state index in [2.05, 4.69) is 6.92 Å². The molecular weight excluding hydrogens is 252 g/mol. The Hall–Kier alpha value is -1.26. The largest absolute Gasteiger partial charge is 0.494 e. The summed E-state index contributed by atoms with van der Waals surface area (Å²) in [5.41, 5.74) is 11.7. The average molecular weight is 273 g/mol. The molecule has 0 aliphatic rings. The highest BCUT2D eigenvalue weighted by atomic mass is 35.5. The summed E-state index contributed by atoms with van der Waals surface area (Å²) in [7, 11) is 0. The Morgan fingerprint density at radius 3 is 2.44 bits per heavy atom. The number of hydrogen-bond donors (Lipinski definition) is 2. The van der Waals surface area contributed by atoms with E-state index in [9.17, 15) is 4.79 Å². The molecular formula is C13H21ClN2O2. The molecule has 1 aromatic carbocycles. The molecule has 1 aromatic rings. The number of primary amides is 1. The van der Waals surface area contributed by atoms with Gasteiger partial charge in [0.25, 0.3) is 0 Å². The Morgan fingerprint density at radius 1 is 1.33 bits per heavy atom. The zero-order valence-corrected chi connectivity index (χ0v) is 11.4. The number of benzene rings is 1. The summed E-state index contributed by atoms with van der Waals surface area (Å²) in [6, 6.07) is 6.97. The third-order valence-corrected chi connectivity index (χ3v) is 2.51. The van der Waals surface area contributed by atoms with Crippen molar-refractivity contribution in [3.63, 3.8) is 0 Å². The summed E-state index contributed by atoms with van der Waals surface area (Å²) in [6.07, 6.45) is 2.63. The average Bonchev–Trinajstić information content (AvgIpc) is 2.31. The molecule has 0 aliphatic heterocycles. The summed E-state index contributed by atoms with van der Waals surface area (Å²) in [5, 5.41) is 0. The first kappa shape index (κ1) is 16.7. The van der Waals surface area contributed by atoms with Crippen molar-refractivity contribution < 1.29 is 9.53 Å². The second-order valence-electron chi connectivity index (χ2n) is 4.06. The van der Waals surface area contributed by atoms with E-state index < -0.39 is 11.9 Å². The lowest BCUT2D eigenvalue weighted by molar-refractivity contribution is -0.119. The summed E-state index contributed by atoms with van der Waals surface area (Å²) in [4.78, 5) is 10.8. The molecule has 4 nitrogen and oxygen atoms in total. The van der Waals surface area contributed by atoms with Gasteiger partial charge < -0.3 is 16.2 Å². The molecule has 0 bridgehead atoms. The first-order chi connectivity index (χ1) is 8.13. The Balaban J connectivity index is 0.00000289. The number of unbranched alkanes of at least 4 members (excludes halogenated alkanes) is 1. The van der Waals surface area contributed by atoms with Gasteiger partial charge in [-0.05, 0) is 30.5 Å². The predicted octanol–water partition coefficient (Wildman–Crippen LogP) is 1.64. The lowest BCUT2D eigenvalue weighted by Crippen LogP contribution is -2.38. The normalized spacial score (nSPS) is 11.4. The van der Waals surface area contributed by atoms with E-state index in [0.717, 1.165) is 30.8 Å². The zero-order valence-electron chi connectivity index (χ0n) is 10.6. The fourth-order valence-electron chi connectivity index (χ4n) is 1.41.